The fourth-order valence-corrected chi connectivity index (χ4v) is 2.17. The molecule has 0 bridgehead atoms. The van der Waals surface area contributed by atoms with Crippen LogP contribution in [0.3, 0.4) is 0 Å². The molecule has 0 saturated carbocycles. The molecule has 20 heavy (non-hydrogen) atoms. The van der Waals surface area contributed by atoms with Crippen molar-refractivity contribution in [2.24, 2.45) is 0 Å². The zero-order valence-corrected chi connectivity index (χ0v) is 11.5. The Kier molecular flexibility index (Phi) is 3.94. The second kappa shape index (κ2) is 5.66. The van der Waals surface area contributed by atoms with Crippen molar-refractivity contribution in [2.45, 2.75) is 6.92 Å². The van der Waals surface area contributed by atoms with E-state index in [0.29, 0.717) is 16.3 Å². The van der Waals surface area contributed by atoms with Gasteiger partial charge in [0.15, 0.2) is 0 Å². The highest BCUT2D eigenvalue weighted by Crippen LogP contribution is 2.32. The predicted molar refractivity (Wildman–Crippen MR) is 71.5 cm³/mol. The van der Waals surface area contributed by atoms with Gasteiger partial charge in [0.05, 0.1) is 29.3 Å². The fraction of sp³-hybridized carbons (Fsp3) is 0.167. The molecule has 8 heteroatoms. The van der Waals surface area contributed by atoms with Gasteiger partial charge in [0, 0.05) is 0 Å². The number of rotatable bonds is 4. The van der Waals surface area contributed by atoms with E-state index in [-0.39, 0.29) is 11.4 Å². The van der Waals surface area contributed by atoms with Crippen LogP contribution in [0.4, 0.5) is 5.69 Å². The Labute approximate surface area is 117 Å². The molecule has 0 radical (unpaired) electrons. The summed E-state index contributed by atoms with van der Waals surface area (Å²) < 4.78 is 9.97. The van der Waals surface area contributed by atoms with E-state index in [1.807, 2.05) is 0 Å². The monoisotopic (exact) mass is 294 g/mol. The third kappa shape index (κ3) is 2.75. The highest BCUT2D eigenvalue weighted by Gasteiger charge is 2.21. The first-order valence-electron chi connectivity index (χ1n) is 5.47. The molecule has 1 aromatic heterocycles. The molecule has 0 aliphatic carbocycles. The summed E-state index contributed by atoms with van der Waals surface area (Å²) >= 11 is 1.12. The number of nitro benzene ring substituents is 1. The number of nitro groups is 1. The summed E-state index contributed by atoms with van der Waals surface area (Å²) in [5, 5.41) is 11.0. The first-order chi connectivity index (χ1) is 9.52. The highest BCUT2D eigenvalue weighted by atomic mass is 32.1. The van der Waals surface area contributed by atoms with Gasteiger partial charge in [-0.1, -0.05) is 0 Å². The molecule has 0 N–H and O–H groups in total. The van der Waals surface area contributed by atoms with Gasteiger partial charge in [0.25, 0.3) is 0 Å². The number of thiazole rings is 1. The van der Waals surface area contributed by atoms with Gasteiger partial charge >= 0.3 is 11.7 Å². The summed E-state index contributed by atoms with van der Waals surface area (Å²) in [5.41, 5.74) is 1.70. The van der Waals surface area contributed by atoms with Crippen LogP contribution in [-0.2, 0) is 0 Å². The Bertz CT molecular complexity index is 668. The number of ether oxygens (including phenoxy) is 2. The number of benzene rings is 1. The molecule has 0 aliphatic rings. The van der Waals surface area contributed by atoms with Crippen LogP contribution in [0.25, 0.3) is 0 Å². The van der Waals surface area contributed by atoms with Crippen LogP contribution < -0.4 is 9.47 Å². The Hall–Kier alpha value is -2.48. The standard InChI is InChI=1S/C12H10N2O5S/c1-7-11(20-6-13-7)12(15)19-10-4-3-8(18-2)5-9(10)14(16)17/h3-6H,1-2H3. The summed E-state index contributed by atoms with van der Waals surface area (Å²) in [6.45, 7) is 1.66. The summed E-state index contributed by atoms with van der Waals surface area (Å²) in [7, 11) is 1.39. The van der Waals surface area contributed by atoms with Crippen molar-refractivity contribution in [3.05, 3.63) is 44.4 Å². The van der Waals surface area contributed by atoms with Gasteiger partial charge in [-0.3, -0.25) is 10.1 Å². The van der Waals surface area contributed by atoms with Crippen molar-refractivity contribution in [3.63, 3.8) is 0 Å². The number of aromatic nitrogens is 1. The molecule has 0 spiro atoms. The van der Waals surface area contributed by atoms with Crippen molar-refractivity contribution in [3.8, 4) is 11.5 Å². The van der Waals surface area contributed by atoms with E-state index < -0.39 is 10.9 Å². The second-order valence-electron chi connectivity index (χ2n) is 3.75. The van der Waals surface area contributed by atoms with Crippen LogP contribution in [-0.4, -0.2) is 23.0 Å². The molecule has 0 saturated heterocycles. The Balaban J connectivity index is 2.32. The van der Waals surface area contributed by atoms with E-state index >= 15 is 0 Å². The minimum atomic E-state index is -0.668. The molecule has 0 fully saturated rings. The number of methoxy groups -OCH3 is 1. The fourth-order valence-electron chi connectivity index (χ4n) is 1.50. The Morgan fingerprint density at radius 3 is 2.75 bits per heavy atom. The lowest BCUT2D eigenvalue weighted by atomic mass is 10.3. The van der Waals surface area contributed by atoms with Crippen LogP contribution >= 0.6 is 11.3 Å². The zero-order chi connectivity index (χ0) is 14.7. The van der Waals surface area contributed by atoms with E-state index in [1.165, 1.54) is 30.8 Å². The molecule has 0 aliphatic heterocycles. The van der Waals surface area contributed by atoms with Crippen molar-refractivity contribution < 1.29 is 19.2 Å². The first-order valence-corrected chi connectivity index (χ1v) is 6.35. The second-order valence-corrected chi connectivity index (χ2v) is 4.60. The van der Waals surface area contributed by atoms with Gasteiger partial charge in [-0.25, -0.2) is 9.78 Å². The van der Waals surface area contributed by atoms with Gasteiger partial charge in [-0.15, -0.1) is 11.3 Å². The summed E-state index contributed by atoms with van der Waals surface area (Å²) in [6, 6.07) is 4.00. The predicted octanol–water partition coefficient (Wildman–Crippen LogP) is 2.59. The molecular weight excluding hydrogens is 284 g/mol. The maximum atomic E-state index is 11.9. The quantitative estimate of drug-likeness (QED) is 0.372. The van der Waals surface area contributed by atoms with Gasteiger partial charge < -0.3 is 9.47 Å². The van der Waals surface area contributed by atoms with E-state index in [1.54, 1.807) is 6.92 Å². The van der Waals surface area contributed by atoms with Crippen molar-refractivity contribution in [1.29, 1.82) is 0 Å². The number of hydrogen-bond donors (Lipinski definition) is 0. The van der Waals surface area contributed by atoms with Crippen molar-refractivity contribution >= 4 is 23.0 Å². The minimum Gasteiger partial charge on any atom is -0.496 e. The molecule has 2 aromatic rings. The summed E-state index contributed by atoms with van der Waals surface area (Å²) in [4.78, 5) is 26.5. The molecule has 2 rings (SSSR count). The number of esters is 1. The van der Waals surface area contributed by atoms with Gasteiger partial charge in [0.1, 0.15) is 10.6 Å². The van der Waals surface area contributed by atoms with Crippen LogP contribution in [0.2, 0.25) is 0 Å². The lowest BCUT2D eigenvalue weighted by Crippen LogP contribution is -2.09. The Morgan fingerprint density at radius 2 is 2.20 bits per heavy atom. The van der Waals surface area contributed by atoms with E-state index in [9.17, 15) is 14.9 Å². The maximum absolute atomic E-state index is 11.9. The number of aryl methyl sites for hydroxylation is 1. The van der Waals surface area contributed by atoms with Gasteiger partial charge in [-0.2, -0.15) is 0 Å². The smallest absolute Gasteiger partial charge is 0.355 e. The minimum absolute atomic E-state index is 0.131. The average molecular weight is 294 g/mol. The molecule has 1 heterocycles. The number of carbonyl (C=O) groups is 1. The van der Waals surface area contributed by atoms with Gasteiger partial charge in [0.2, 0.25) is 5.75 Å². The maximum Gasteiger partial charge on any atom is 0.355 e. The van der Waals surface area contributed by atoms with E-state index in [0.717, 1.165) is 11.3 Å². The molecule has 1 aromatic carbocycles. The number of hydrogen-bond acceptors (Lipinski definition) is 7. The molecule has 0 amide bonds. The third-order valence-corrected chi connectivity index (χ3v) is 3.40. The largest absolute Gasteiger partial charge is 0.496 e. The van der Waals surface area contributed by atoms with Crippen molar-refractivity contribution in [1.82, 2.24) is 4.98 Å². The molecular formula is C12H10N2O5S. The summed E-state index contributed by atoms with van der Waals surface area (Å²) in [5.74, 6) is -0.489. The zero-order valence-electron chi connectivity index (χ0n) is 10.7. The van der Waals surface area contributed by atoms with E-state index in [2.05, 4.69) is 4.98 Å². The van der Waals surface area contributed by atoms with Crippen LogP contribution in [0.1, 0.15) is 15.4 Å². The van der Waals surface area contributed by atoms with Crippen LogP contribution in [0, 0.1) is 17.0 Å². The molecule has 0 unspecified atom stereocenters. The average Bonchev–Trinajstić information content (AvgIpc) is 2.85. The van der Waals surface area contributed by atoms with Gasteiger partial charge in [-0.05, 0) is 19.1 Å². The Morgan fingerprint density at radius 1 is 1.45 bits per heavy atom. The number of nitrogens with zero attached hydrogens (tertiary/aromatic N) is 2. The highest BCUT2D eigenvalue weighted by molar-refractivity contribution is 7.11. The van der Waals surface area contributed by atoms with Crippen LogP contribution in [0.15, 0.2) is 23.7 Å². The summed E-state index contributed by atoms with van der Waals surface area (Å²) in [6.07, 6.45) is 0. The van der Waals surface area contributed by atoms with E-state index in [4.69, 9.17) is 9.47 Å². The lowest BCUT2D eigenvalue weighted by molar-refractivity contribution is -0.385. The third-order valence-electron chi connectivity index (χ3n) is 2.50. The normalized spacial score (nSPS) is 10.1. The number of carbonyl (C=O) groups excluding carboxylic acids is 1. The molecule has 7 nitrogen and oxygen atoms in total. The van der Waals surface area contributed by atoms with Crippen molar-refractivity contribution in [2.75, 3.05) is 7.11 Å². The molecule has 0 atom stereocenters. The first kappa shape index (κ1) is 13.9. The van der Waals surface area contributed by atoms with Crippen LogP contribution in [0.5, 0.6) is 11.5 Å². The lowest BCUT2D eigenvalue weighted by Gasteiger charge is -2.05. The molecule has 104 valence electrons. The topological polar surface area (TPSA) is 91.6 Å². The SMILES string of the molecule is COc1ccc(OC(=O)c2scnc2C)c([N+](=O)[O-])c1.